The van der Waals surface area contributed by atoms with Crippen LogP contribution in [0.3, 0.4) is 0 Å². The Labute approximate surface area is 170 Å². The number of piperazine rings is 1. The summed E-state index contributed by atoms with van der Waals surface area (Å²) in [6.45, 7) is 1.45. The number of fused-ring (bicyclic) bond motifs is 1. The Bertz CT molecular complexity index is 1080. The molecule has 0 aliphatic carbocycles. The van der Waals surface area contributed by atoms with Crippen LogP contribution in [0.4, 0.5) is 0 Å². The van der Waals surface area contributed by atoms with Gasteiger partial charge in [-0.15, -0.1) is 11.3 Å². The van der Waals surface area contributed by atoms with Crippen molar-refractivity contribution in [3.63, 3.8) is 0 Å². The van der Waals surface area contributed by atoms with Gasteiger partial charge < -0.3 is 9.88 Å². The van der Waals surface area contributed by atoms with Crippen LogP contribution in [-0.2, 0) is 21.2 Å². The molecule has 1 amide bonds. The van der Waals surface area contributed by atoms with E-state index in [0.717, 1.165) is 20.3 Å². The molecule has 0 unspecified atom stereocenters. The number of nitrogens with zero attached hydrogens (tertiary/aromatic N) is 2. The molecule has 4 rings (SSSR count). The normalized spacial score (nSPS) is 16.1. The number of thiophene rings is 1. The smallest absolute Gasteiger partial charge is 0.252 e. The number of hydrogen-bond acceptors (Lipinski definition) is 4. The molecule has 1 saturated heterocycles. The molecule has 9 heteroatoms. The molecule has 0 radical (unpaired) electrons. The van der Waals surface area contributed by atoms with Crippen LogP contribution < -0.4 is 0 Å². The lowest BCUT2D eigenvalue weighted by atomic mass is 10.1. The summed E-state index contributed by atoms with van der Waals surface area (Å²) in [7, 11) is -3.49. The second-order valence-corrected chi connectivity index (χ2v) is 11.0. The highest BCUT2D eigenvalue weighted by atomic mass is 79.9. The Hall–Kier alpha value is -1.68. The summed E-state index contributed by atoms with van der Waals surface area (Å²) in [6, 6.07) is 11.2. The lowest BCUT2D eigenvalue weighted by Gasteiger charge is -2.33. The number of halogens is 1. The van der Waals surface area contributed by atoms with Gasteiger partial charge in [-0.3, -0.25) is 4.79 Å². The Kier molecular flexibility index (Phi) is 5.11. The van der Waals surface area contributed by atoms with Gasteiger partial charge in [0.2, 0.25) is 5.91 Å². The summed E-state index contributed by atoms with van der Waals surface area (Å²) in [5.74, 6) is 0.0238. The molecule has 0 atom stereocenters. The van der Waals surface area contributed by atoms with Crippen LogP contribution >= 0.6 is 27.3 Å². The first kappa shape index (κ1) is 18.7. The van der Waals surface area contributed by atoms with E-state index in [4.69, 9.17) is 0 Å². The number of amides is 1. The van der Waals surface area contributed by atoms with E-state index in [1.165, 1.54) is 15.6 Å². The van der Waals surface area contributed by atoms with Gasteiger partial charge in [0.15, 0.2) is 0 Å². The van der Waals surface area contributed by atoms with E-state index in [2.05, 4.69) is 20.9 Å². The molecule has 0 saturated carbocycles. The number of carbonyl (C=O) groups is 1. The van der Waals surface area contributed by atoms with Gasteiger partial charge in [-0.25, -0.2) is 8.42 Å². The van der Waals surface area contributed by atoms with Crippen molar-refractivity contribution >= 4 is 54.1 Å². The molecule has 6 nitrogen and oxygen atoms in total. The van der Waals surface area contributed by atoms with Crippen LogP contribution in [0.25, 0.3) is 10.9 Å². The molecule has 3 aromatic rings. The summed E-state index contributed by atoms with van der Waals surface area (Å²) in [4.78, 5) is 17.6. The van der Waals surface area contributed by atoms with Gasteiger partial charge in [0.05, 0.1) is 10.2 Å². The zero-order valence-electron chi connectivity index (χ0n) is 14.4. The molecule has 1 N–H and O–H groups in total. The van der Waals surface area contributed by atoms with E-state index < -0.39 is 10.0 Å². The lowest BCUT2D eigenvalue weighted by molar-refractivity contribution is -0.131. The highest BCUT2D eigenvalue weighted by Gasteiger charge is 2.31. The van der Waals surface area contributed by atoms with Crippen LogP contribution in [0.1, 0.15) is 5.56 Å². The van der Waals surface area contributed by atoms with Gasteiger partial charge >= 0.3 is 0 Å². The van der Waals surface area contributed by atoms with Crippen LogP contribution in [0, 0.1) is 0 Å². The second-order valence-electron chi connectivity index (χ2n) is 6.38. The van der Waals surface area contributed by atoms with Gasteiger partial charge in [-0.1, -0.05) is 18.2 Å². The van der Waals surface area contributed by atoms with Gasteiger partial charge in [0, 0.05) is 43.3 Å². The predicted octanol–water partition coefficient (Wildman–Crippen LogP) is 3.07. The quantitative estimate of drug-likeness (QED) is 0.640. The minimum absolute atomic E-state index is 0.0238. The van der Waals surface area contributed by atoms with Crippen molar-refractivity contribution in [2.45, 2.75) is 10.6 Å². The summed E-state index contributed by atoms with van der Waals surface area (Å²) in [5, 5.41) is 1.05. The molecule has 0 bridgehead atoms. The maximum absolute atomic E-state index is 12.7. The van der Waals surface area contributed by atoms with Crippen LogP contribution in [0.2, 0.25) is 0 Å². The fourth-order valence-corrected chi connectivity index (χ4v) is 6.88. The third-order valence-corrected chi connectivity index (χ3v) is 8.74. The Morgan fingerprint density at radius 3 is 2.56 bits per heavy atom. The van der Waals surface area contributed by atoms with Crippen molar-refractivity contribution < 1.29 is 13.2 Å². The zero-order chi connectivity index (χ0) is 19.0. The molecule has 142 valence electrons. The molecule has 2 aromatic heterocycles. The number of sulfonamides is 1. The Morgan fingerprint density at radius 2 is 1.85 bits per heavy atom. The monoisotopic (exact) mass is 467 g/mol. The minimum Gasteiger partial charge on any atom is -0.361 e. The van der Waals surface area contributed by atoms with Crippen LogP contribution in [0.5, 0.6) is 0 Å². The van der Waals surface area contributed by atoms with Gasteiger partial charge in [0.25, 0.3) is 10.0 Å². The topological polar surface area (TPSA) is 73.5 Å². The molecule has 0 spiro atoms. The number of hydrogen-bond donors (Lipinski definition) is 1. The van der Waals surface area contributed by atoms with Crippen molar-refractivity contribution in [2.24, 2.45) is 0 Å². The van der Waals surface area contributed by atoms with Crippen molar-refractivity contribution in [1.29, 1.82) is 0 Å². The Balaban J connectivity index is 1.41. The molecule has 1 fully saturated rings. The summed E-state index contributed by atoms with van der Waals surface area (Å²) in [5.41, 5.74) is 1.98. The molecular formula is C18H18BrN3O3S2. The third-order valence-electron chi connectivity index (χ3n) is 4.75. The summed E-state index contributed by atoms with van der Waals surface area (Å²) in [6.07, 6.45) is 2.19. The van der Waals surface area contributed by atoms with Crippen LogP contribution in [-0.4, -0.2) is 54.7 Å². The number of aromatic amines is 1. The zero-order valence-corrected chi connectivity index (χ0v) is 17.6. The van der Waals surface area contributed by atoms with E-state index in [-0.39, 0.29) is 5.91 Å². The summed E-state index contributed by atoms with van der Waals surface area (Å²) < 4.78 is 27.9. The van der Waals surface area contributed by atoms with E-state index in [1.54, 1.807) is 17.0 Å². The first-order valence-corrected chi connectivity index (χ1v) is 11.6. The van der Waals surface area contributed by atoms with E-state index >= 15 is 0 Å². The summed E-state index contributed by atoms with van der Waals surface area (Å²) >= 11 is 4.50. The number of H-pyrrole nitrogens is 1. The highest BCUT2D eigenvalue weighted by molar-refractivity contribution is 9.11. The molecule has 1 aliphatic heterocycles. The number of aromatic nitrogens is 1. The number of nitrogens with one attached hydrogen (secondary N) is 1. The molecule has 1 aliphatic rings. The average Bonchev–Trinajstić information content (AvgIpc) is 3.29. The number of benzene rings is 1. The highest BCUT2D eigenvalue weighted by Crippen LogP contribution is 2.29. The maximum atomic E-state index is 12.7. The van der Waals surface area contributed by atoms with E-state index in [9.17, 15) is 13.2 Å². The standard InChI is InChI=1S/C18H18BrN3O3S2/c19-16-5-6-18(26-16)27(24,25)22-9-7-21(8-10-22)17(23)11-13-12-20-15-4-2-1-3-14(13)15/h1-6,12,20H,7-11H2. The van der Waals surface area contributed by atoms with Gasteiger partial charge in [0.1, 0.15) is 4.21 Å². The van der Waals surface area contributed by atoms with Crippen molar-refractivity contribution in [3.8, 4) is 0 Å². The fourth-order valence-electron chi connectivity index (χ4n) is 3.29. The lowest BCUT2D eigenvalue weighted by Crippen LogP contribution is -2.50. The second kappa shape index (κ2) is 7.38. The fraction of sp³-hybridized carbons (Fsp3) is 0.278. The van der Waals surface area contributed by atoms with Crippen molar-refractivity contribution in [1.82, 2.24) is 14.2 Å². The number of carbonyl (C=O) groups excluding carboxylic acids is 1. The number of para-hydroxylation sites is 1. The number of rotatable bonds is 4. The molecule has 1 aromatic carbocycles. The van der Waals surface area contributed by atoms with Gasteiger partial charge in [-0.05, 0) is 39.7 Å². The Morgan fingerprint density at radius 1 is 1.11 bits per heavy atom. The molecule has 3 heterocycles. The van der Waals surface area contributed by atoms with Crippen molar-refractivity contribution in [3.05, 3.63) is 51.9 Å². The van der Waals surface area contributed by atoms with Gasteiger partial charge in [-0.2, -0.15) is 4.31 Å². The molecule has 27 heavy (non-hydrogen) atoms. The van der Waals surface area contributed by atoms with E-state index in [1.807, 2.05) is 30.5 Å². The predicted molar refractivity (Wildman–Crippen MR) is 109 cm³/mol. The van der Waals surface area contributed by atoms with Crippen molar-refractivity contribution in [2.75, 3.05) is 26.2 Å². The first-order chi connectivity index (χ1) is 12.9. The third kappa shape index (κ3) is 3.69. The minimum atomic E-state index is -3.49. The largest absolute Gasteiger partial charge is 0.361 e. The SMILES string of the molecule is O=C(Cc1c[nH]c2ccccc12)N1CCN(S(=O)(=O)c2ccc(Br)s2)CC1. The van der Waals surface area contributed by atoms with Crippen LogP contribution in [0.15, 0.2) is 50.6 Å². The van der Waals surface area contributed by atoms with E-state index in [0.29, 0.717) is 36.8 Å². The first-order valence-electron chi connectivity index (χ1n) is 8.53. The maximum Gasteiger partial charge on any atom is 0.252 e. The molecular weight excluding hydrogens is 450 g/mol. The average molecular weight is 468 g/mol.